The number of nitrogens with zero attached hydrogens (tertiary/aromatic N) is 1. The molecule has 0 spiro atoms. The van der Waals surface area contributed by atoms with Crippen LogP contribution in [0.3, 0.4) is 0 Å². The lowest BCUT2D eigenvalue weighted by Gasteiger charge is -2.31. The minimum atomic E-state index is -1.19. The van der Waals surface area contributed by atoms with Crippen molar-refractivity contribution in [3.8, 4) is 0 Å². The highest BCUT2D eigenvalue weighted by Crippen LogP contribution is 2.22. The number of urea groups is 1. The predicted octanol–water partition coefficient (Wildman–Crippen LogP) is 3.75. The third-order valence-corrected chi connectivity index (χ3v) is 7.02. The van der Waals surface area contributed by atoms with Crippen molar-refractivity contribution in [2.45, 2.75) is 64.2 Å². The van der Waals surface area contributed by atoms with Gasteiger partial charge in [0.25, 0.3) is 0 Å². The summed E-state index contributed by atoms with van der Waals surface area (Å²) in [5.41, 5.74) is 3.56. The van der Waals surface area contributed by atoms with Gasteiger partial charge in [-0.15, -0.1) is 0 Å². The summed E-state index contributed by atoms with van der Waals surface area (Å²) in [5.74, 6) is -2.03. The molecule has 1 heterocycles. The predicted molar refractivity (Wildman–Crippen MR) is 148 cm³/mol. The van der Waals surface area contributed by atoms with E-state index in [1.165, 1.54) is 11.3 Å². The highest BCUT2D eigenvalue weighted by atomic mass is 16.4. The number of para-hydroxylation sites is 1. The Morgan fingerprint density at radius 2 is 1.67 bits per heavy atom. The summed E-state index contributed by atoms with van der Waals surface area (Å²) in [6, 6.07) is 14.5. The first kappa shape index (κ1) is 27.8. The van der Waals surface area contributed by atoms with Gasteiger partial charge in [0.2, 0.25) is 11.8 Å². The van der Waals surface area contributed by atoms with Crippen molar-refractivity contribution in [2.75, 3.05) is 17.2 Å². The molecule has 206 valence electrons. The molecule has 0 radical (unpaired) electrons. The fraction of sp³-hybridized carbons (Fsp3) is 0.379. The number of carboxylic acids is 1. The molecule has 2 aliphatic rings. The second kappa shape index (κ2) is 13.1. The molecule has 0 aromatic heterocycles. The van der Waals surface area contributed by atoms with Gasteiger partial charge in [0.05, 0.1) is 6.54 Å². The first-order chi connectivity index (χ1) is 18.8. The Labute approximate surface area is 227 Å². The monoisotopic (exact) mass is 533 g/mol. The van der Waals surface area contributed by atoms with Crippen molar-refractivity contribution in [2.24, 2.45) is 0 Å². The lowest BCUT2D eigenvalue weighted by molar-refractivity contribution is -0.144. The van der Waals surface area contributed by atoms with Crippen molar-refractivity contribution in [3.05, 3.63) is 71.3 Å². The fourth-order valence-electron chi connectivity index (χ4n) is 4.89. The highest BCUT2D eigenvalue weighted by Gasteiger charge is 2.33. The smallest absolute Gasteiger partial charge is 0.323 e. The van der Waals surface area contributed by atoms with Crippen LogP contribution in [0.25, 0.3) is 0 Å². The van der Waals surface area contributed by atoms with Gasteiger partial charge in [-0.3, -0.25) is 19.7 Å². The number of anilines is 2. The summed E-state index contributed by atoms with van der Waals surface area (Å²) >= 11 is 0. The summed E-state index contributed by atoms with van der Waals surface area (Å²) in [4.78, 5) is 50.4. The standard InChI is InChI=1S/C29H35N5O5/c1-19-7-5-6-10-24(19)33-29(39)32-23-13-11-20(12-14-23)17-30-28(38)21-15-25(31-22-8-3-2-4-9-22)34(18-21)26(35)16-27(36)37/h5-7,10-15,22,25,31H,2-4,8-9,16-18H2,1H3,(H,30,38)(H,36,37)(H2,32,33,39). The average molecular weight is 534 g/mol. The Balaban J connectivity index is 1.31. The summed E-state index contributed by atoms with van der Waals surface area (Å²) in [5, 5.41) is 21.0. The molecule has 10 nitrogen and oxygen atoms in total. The van der Waals surface area contributed by atoms with Crippen LogP contribution in [-0.4, -0.2) is 52.6 Å². The molecule has 39 heavy (non-hydrogen) atoms. The molecule has 1 saturated carbocycles. The first-order valence-electron chi connectivity index (χ1n) is 13.3. The van der Waals surface area contributed by atoms with E-state index >= 15 is 0 Å². The van der Waals surface area contributed by atoms with E-state index in [1.807, 2.05) is 43.3 Å². The molecular weight excluding hydrogens is 498 g/mol. The highest BCUT2D eigenvalue weighted by molar-refractivity contribution is 6.00. The van der Waals surface area contributed by atoms with E-state index in [1.54, 1.807) is 18.2 Å². The summed E-state index contributed by atoms with van der Waals surface area (Å²) in [7, 11) is 0. The minimum absolute atomic E-state index is 0.0567. The zero-order valence-electron chi connectivity index (χ0n) is 22.0. The van der Waals surface area contributed by atoms with Gasteiger partial charge >= 0.3 is 12.0 Å². The molecule has 4 amide bonds. The topological polar surface area (TPSA) is 140 Å². The minimum Gasteiger partial charge on any atom is -0.481 e. The molecule has 1 unspecified atom stereocenters. The number of nitrogens with one attached hydrogen (secondary N) is 4. The van der Waals surface area contributed by atoms with Gasteiger partial charge in [-0.1, -0.05) is 49.6 Å². The van der Waals surface area contributed by atoms with Crippen LogP contribution < -0.4 is 21.3 Å². The van der Waals surface area contributed by atoms with Gasteiger partial charge in [-0.25, -0.2) is 4.79 Å². The lowest BCUT2D eigenvalue weighted by atomic mass is 9.95. The number of carbonyl (C=O) groups excluding carboxylic acids is 3. The molecule has 1 atom stereocenters. The maximum atomic E-state index is 12.9. The van der Waals surface area contributed by atoms with Gasteiger partial charge in [-0.05, 0) is 55.2 Å². The summed E-state index contributed by atoms with van der Waals surface area (Å²) in [6.45, 7) is 2.23. The maximum Gasteiger partial charge on any atom is 0.323 e. The van der Waals surface area contributed by atoms with Gasteiger partial charge in [-0.2, -0.15) is 0 Å². The molecule has 2 aromatic rings. The van der Waals surface area contributed by atoms with E-state index in [0.29, 0.717) is 11.3 Å². The van der Waals surface area contributed by atoms with Crippen LogP contribution in [0.5, 0.6) is 0 Å². The number of carboxylic acid groups (broad SMARTS) is 1. The molecule has 2 aromatic carbocycles. The SMILES string of the molecule is Cc1ccccc1NC(=O)Nc1ccc(CNC(=O)C2=CC(NC3CCCCC3)N(C(=O)CC(=O)O)C2)cc1. The summed E-state index contributed by atoms with van der Waals surface area (Å²) in [6.07, 6.45) is 5.99. The van der Waals surface area contributed by atoms with E-state index in [0.717, 1.165) is 42.5 Å². The van der Waals surface area contributed by atoms with E-state index in [9.17, 15) is 19.2 Å². The van der Waals surface area contributed by atoms with Gasteiger partial charge in [0.15, 0.2) is 0 Å². The van der Waals surface area contributed by atoms with E-state index < -0.39 is 24.5 Å². The zero-order chi connectivity index (χ0) is 27.8. The Kier molecular flexibility index (Phi) is 9.32. The number of amides is 4. The van der Waals surface area contributed by atoms with Crippen molar-refractivity contribution in [1.82, 2.24) is 15.5 Å². The molecule has 0 bridgehead atoms. The van der Waals surface area contributed by atoms with Crippen LogP contribution in [-0.2, 0) is 20.9 Å². The molecule has 4 rings (SSSR count). The average Bonchev–Trinajstić information content (AvgIpc) is 3.33. The molecule has 1 fully saturated rings. The van der Waals surface area contributed by atoms with Crippen LogP contribution in [0.2, 0.25) is 0 Å². The number of hydrogen-bond donors (Lipinski definition) is 5. The van der Waals surface area contributed by atoms with Crippen molar-refractivity contribution in [3.63, 3.8) is 0 Å². The van der Waals surface area contributed by atoms with Crippen molar-refractivity contribution < 1.29 is 24.3 Å². The molecule has 5 N–H and O–H groups in total. The van der Waals surface area contributed by atoms with Crippen molar-refractivity contribution >= 4 is 35.2 Å². The Bertz CT molecular complexity index is 1240. The molecular formula is C29H35N5O5. The molecule has 0 saturated heterocycles. The number of aryl methyl sites for hydroxylation is 1. The van der Waals surface area contributed by atoms with Gasteiger partial charge in [0.1, 0.15) is 12.6 Å². The third-order valence-electron chi connectivity index (χ3n) is 7.02. The maximum absolute atomic E-state index is 12.9. The van der Waals surface area contributed by atoms with Crippen molar-refractivity contribution in [1.29, 1.82) is 0 Å². The van der Waals surface area contributed by atoms with Crippen LogP contribution in [0, 0.1) is 6.92 Å². The van der Waals surface area contributed by atoms with Crippen LogP contribution in [0.4, 0.5) is 16.2 Å². The molecule has 1 aliphatic heterocycles. The second-order valence-corrected chi connectivity index (χ2v) is 10.0. The first-order valence-corrected chi connectivity index (χ1v) is 13.3. The quantitative estimate of drug-likeness (QED) is 0.311. The number of rotatable bonds is 9. The normalized spacial score (nSPS) is 17.3. The molecule has 1 aliphatic carbocycles. The largest absolute Gasteiger partial charge is 0.481 e. The van der Waals surface area contributed by atoms with Crippen LogP contribution in [0.1, 0.15) is 49.7 Å². The number of carbonyl (C=O) groups is 4. The fourth-order valence-corrected chi connectivity index (χ4v) is 4.89. The van der Waals surface area contributed by atoms with Crippen LogP contribution >= 0.6 is 0 Å². The molecule has 10 heteroatoms. The lowest BCUT2D eigenvalue weighted by Crippen LogP contribution is -2.49. The van der Waals surface area contributed by atoms with Crippen LogP contribution in [0.15, 0.2) is 60.2 Å². The zero-order valence-corrected chi connectivity index (χ0v) is 22.0. The second-order valence-electron chi connectivity index (χ2n) is 10.0. The Hall–Kier alpha value is -4.18. The van der Waals surface area contributed by atoms with E-state index in [-0.39, 0.29) is 31.1 Å². The summed E-state index contributed by atoms with van der Waals surface area (Å²) < 4.78 is 0. The van der Waals surface area contributed by atoms with Gasteiger partial charge < -0.3 is 26.0 Å². The number of hydrogen-bond acceptors (Lipinski definition) is 5. The Morgan fingerprint density at radius 3 is 2.36 bits per heavy atom. The number of benzene rings is 2. The Morgan fingerprint density at radius 1 is 0.949 bits per heavy atom. The van der Waals surface area contributed by atoms with E-state index in [2.05, 4.69) is 21.3 Å². The number of aliphatic carboxylic acids is 1. The van der Waals surface area contributed by atoms with E-state index in [4.69, 9.17) is 5.11 Å². The third kappa shape index (κ3) is 7.90. The van der Waals surface area contributed by atoms with Gasteiger partial charge in [0, 0.05) is 29.5 Å².